The van der Waals surface area contributed by atoms with Crippen molar-refractivity contribution in [1.29, 1.82) is 0 Å². The largest absolute Gasteiger partial charge is 0.444 e. The van der Waals surface area contributed by atoms with Gasteiger partial charge in [-0.2, -0.15) is 20.4 Å². The Balaban J connectivity index is 0.000000150. The number of rotatable bonds is 5. The Kier molecular flexibility index (Phi) is 26.5. The molecule has 12 heterocycles. The zero-order valence-corrected chi connectivity index (χ0v) is 62.2. The van der Waals surface area contributed by atoms with Gasteiger partial charge < -0.3 is 55.2 Å². The standard InChI is InChI=1S/C19H20ClF3N4O.C16H24F2N4O2.C11H16F2N4.C11H16IN3O2.C6H5ClFN.C5H9F2N/c20-14-8-13(2-3-15(14)21)9-18(28)25-6-7-27-17(11-25)16(10-24-27)26-5-1-4-19(22,23)12-26;1-15(2,3)24-14(23)20-7-8-22-13(10-20)12(9-19-22)21-6-4-5-16(17,18)11-21;12-11(13)2-1-4-16(8-11)9-7-15-17-5-3-14-6-10(9)17;1-11(2,3)17-10(16)14-4-5-15-9(7-14)8(12)6-13-15;7-5-3-4(9)1-2-6(5)8;6-5(7)2-1-3-8-4-5/h2-3,8,10H,1,4-7,9,11-12H2;9H,4-8,10-11H2,1-3H3;7,14H,1-6,8H2;6H,4-5,7H2,1-3H3;1-3H,9H2;8H,1-4H2. The van der Waals surface area contributed by atoms with E-state index < -0.39 is 46.5 Å². The first-order chi connectivity index (χ1) is 48.4. The molecular weight excluding hydrogens is 1520 g/mol. The van der Waals surface area contributed by atoms with E-state index in [2.05, 4.69) is 53.6 Å². The Bertz CT molecular complexity index is 3860. The number of alkyl halides is 8. The normalized spacial score (nSPS) is 19.4. The van der Waals surface area contributed by atoms with Gasteiger partial charge in [0.2, 0.25) is 5.91 Å². The van der Waals surface area contributed by atoms with Crippen molar-refractivity contribution in [3.8, 4) is 0 Å². The van der Waals surface area contributed by atoms with Crippen molar-refractivity contribution in [2.24, 2.45) is 0 Å². The molecule has 0 atom stereocenters. The quantitative estimate of drug-likeness (QED) is 0.0833. The van der Waals surface area contributed by atoms with Gasteiger partial charge in [-0.3, -0.25) is 23.5 Å². The zero-order valence-electron chi connectivity index (χ0n) is 58.6. The van der Waals surface area contributed by atoms with Crippen molar-refractivity contribution < 1.29 is 67.8 Å². The van der Waals surface area contributed by atoms with Crippen molar-refractivity contribution in [3.63, 3.8) is 0 Å². The van der Waals surface area contributed by atoms with Gasteiger partial charge in [0.15, 0.2) is 0 Å². The minimum atomic E-state index is -2.71. The SMILES string of the molecule is CC(C)(C)OC(=O)N1CCn2ncc(I)c2C1.CC(C)(C)OC(=O)N1CCn2ncc(N3CCCC(F)(F)C3)c2C1.FC1(F)CCCN(c2cnn3c2CNCC3)C1.FC1(F)CCCNC1.Nc1ccc(F)c(Cl)c1.O=C(Cc1ccc(F)c(Cl)c1)N1CCn2ncc(N3CCCC(F)(F)C3)c2C1. The summed E-state index contributed by atoms with van der Waals surface area (Å²) in [5.74, 6) is -11.5. The maximum absolute atomic E-state index is 13.8. The third-order valence-electron chi connectivity index (χ3n) is 17.7. The van der Waals surface area contributed by atoms with Gasteiger partial charge in [-0.15, -0.1) is 0 Å². The first-order valence-corrected chi connectivity index (χ1v) is 36.1. The highest BCUT2D eigenvalue weighted by Gasteiger charge is 2.41. The number of ether oxygens (including phenoxy) is 2. The number of nitrogens with two attached hydrogens (primary N) is 1. The zero-order chi connectivity index (χ0) is 74.8. The highest BCUT2D eigenvalue weighted by atomic mass is 127. The van der Waals surface area contributed by atoms with E-state index in [4.69, 9.17) is 38.4 Å². The number of carbonyl (C=O) groups excluding carboxylic acids is 3. The Morgan fingerprint density at radius 1 is 0.515 bits per heavy atom. The summed E-state index contributed by atoms with van der Waals surface area (Å²) in [6, 6.07) is 8.29. The third-order valence-corrected chi connectivity index (χ3v) is 19.1. The predicted octanol–water partition coefficient (Wildman–Crippen LogP) is 12.9. The summed E-state index contributed by atoms with van der Waals surface area (Å²) in [6.07, 6.45) is 8.19. The van der Waals surface area contributed by atoms with E-state index in [1.54, 1.807) is 57.4 Å². The average Bonchev–Trinajstić information content (AvgIpc) is 1.68. The lowest BCUT2D eigenvalue weighted by Gasteiger charge is -2.35. The molecule has 0 spiro atoms. The molecule has 3 amide bonds. The number of carbonyl (C=O) groups is 3. The molecule has 8 aliphatic heterocycles. The van der Waals surface area contributed by atoms with Gasteiger partial charge in [-0.25, -0.2) is 53.5 Å². The van der Waals surface area contributed by atoms with E-state index in [1.165, 1.54) is 36.4 Å². The van der Waals surface area contributed by atoms with E-state index in [0.717, 1.165) is 64.8 Å². The van der Waals surface area contributed by atoms with Crippen LogP contribution < -0.4 is 31.1 Å². The minimum absolute atomic E-state index is 0.00518. The molecule has 8 aliphatic rings. The van der Waals surface area contributed by atoms with Crippen LogP contribution >= 0.6 is 45.8 Å². The maximum Gasteiger partial charge on any atom is 0.410 e. The van der Waals surface area contributed by atoms with Crippen LogP contribution in [0.3, 0.4) is 0 Å². The molecule has 103 heavy (non-hydrogen) atoms. The Morgan fingerprint density at radius 2 is 0.932 bits per heavy atom. The highest BCUT2D eigenvalue weighted by Crippen LogP contribution is 2.37. The molecule has 6 aromatic rings. The lowest BCUT2D eigenvalue weighted by atomic mass is 10.1. The summed E-state index contributed by atoms with van der Waals surface area (Å²) in [5, 5.41) is 23.1. The topological polar surface area (TPSA) is 210 Å². The van der Waals surface area contributed by atoms with Crippen LogP contribution in [0.15, 0.2) is 61.2 Å². The molecule has 4 saturated heterocycles. The van der Waals surface area contributed by atoms with E-state index in [1.807, 2.05) is 57.1 Å². The van der Waals surface area contributed by atoms with Crippen LogP contribution in [-0.2, 0) is 73.0 Å². The van der Waals surface area contributed by atoms with E-state index in [0.29, 0.717) is 120 Å². The lowest BCUT2D eigenvalue weighted by Crippen LogP contribution is -2.44. The fourth-order valence-electron chi connectivity index (χ4n) is 12.6. The van der Waals surface area contributed by atoms with Crippen molar-refractivity contribution >= 4 is 86.6 Å². The van der Waals surface area contributed by atoms with Crippen LogP contribution in [0.2, 0.25) is 10.0 Å². The van der Waals surface area contributed by atoms with Gasteiger partial charge in [0.25, 0.3) is 23.7 Å². The molecule has 22 nitrogen and oxygen atoms in total. The van der Waals surface area contributed by atoms with Gasteiger partial charge in [0, 0.05) is 83.7 Å². The van der Waals surface area contributed by atoms with Gasteiger partial charge >= 0.3 is 12.2 Å². The summed E-state index contributed by atoms with van der Waals surface area (Å²) in [6.45, 7) is 19.8. The molecule has 0 radical (unpaired) electrons. The van der Waals surface area contributed by atoms with Crippen molar-refractivity contribution in [3.05, 3.63) is 115 Å². The molecule has 35 heteroatoms. The fraction of sp³-hybridized carbons (Fsp3) is 0.603. The molecule has 0 saturated carbocycles. The monoisotopic (exact) mass is 1610 g/mol. The Hall–Kier alpha value is -6.98. The summed E-state index contributed by atoms with van der Waals surface area (Å²) in [5.41, 5.74) is 11.3. The number of benzene rings is 2. The summed E-state index contributed by atoms with van der Waals surface area (Å²) in [4.78, 5) is 47.0. The molecule has 0 unspecified atom stereocenters. The van der Waals surface area contributed by atoms with Crippen LogP contribution in [-0.4, -0.2) is 185 Å². The van der Waals surface area contributed by atoms with Crippen LogP contribution in [0.5, 0.6) is 0 Å². The number of hydrogen-bond acceptors (Lipinski definition) is 15. The van der Waals surface area contributed by atoms with Gasteiger partial charge in [0.1, 0.15) is 22.8 Å². The lowest BCUT2D eigenvalue weighted by molar-refractivity contribution is -0.132. The number of nitrogens with zero attached hydrogens (tertiary/aromatic N) is 14. The van der Waals surface area contributed by atoms with E-state index in [9.17, 15) is 58.3 Å². The van der Waals surface area contributed by atoms with Crippen LogP contribution in [0.4, 0.5) is 76.2 Å². The average molecular weight is 1610 g/mol. The maximum atomic E-state index is 13.8. The second kappa shape index (κ2) is 34.1. The molecule has 2 aromatic carbocycles. The minimum Gasteiger partial charge on any atom is -0.444 e. The fourth-order valence-corrected chi connectivity index (χ4v) is 13.6. The Labute approximate surface area is 615 Å². The highest BCUT2D eigenvalue weighted by molar-refractivity contribution is 14.1. The second-order valence-electron chi connectivity index (χ2n) is 28.4. The molecule has 14 rings (SSSR count). The molecule has 0 aliphatic carbocycles. The summed E-state index contributed by atoms with van der Waals surface area (Å²) in [7, 11) is 0. The van der Waals surface area contributed by atoms with Gasteiger partial charge in [0.05, 0.1) is 157 Å². The third kappa shape index (κ3) is 23.0. The number of hydrogen-bond donors (Lipinski definition) is 3. The number of piperidine rings is 4. The number of fused-ring (bicyclic) bond motifs is 4. The number of amides is 3. The van der Waals surface area contributed by atoms with E-state index in [-0.39, 0.29) is 86.4 Å². The molecular formula is C68H90Cl2F10IN17O5. The van der Waals surface area contributed by atoms with Crippen molar-refractivity contribution in [2.45, 2.75) is 187 Å². The van der Waals surface area contributed by atoms with Crippen molar-refractivity contribution in [1.82, 2.24) is 64.5 Å². The molecule has 4 aromatic heterocycles. The first kappa shape index (κ1) is 80.1. The van der Waals surface area contributed by atoms with Crippen LogP contribution in [0.1, 0.15) is 121 Å². The number of nitrogens with one attached hydrogen (secondary N) is 2. The van der Waals surface area contributed by atoms with Crippen LogP contribution in [0.25, 0.3) is 0 Å². The molecule has 4 fully saturated rings. The number of anilines is 4. The van der Waals surface area contributed by atoms with Crippen molar-refractivity contribution in [2.75, 3.05) is 99.0 Å². The Morgan fingerprint density at radius 3 is 1.36 bits per heavy atom. The van der Waals surface area contributed by atoms with E-state index >= 15 is 0 Å². The number of halogens is 13. The first-order valence-electron chi connectivity index (χ1n) is 34.3. The van der Waals surface area contributed by atoms with Crippen LogP contribution in [0, 0.1) is 15.2 Å². The smallest absolute Gasteiger partial charge is 0.410 e. The number of nitrogen functional groups attached to an aromatic ring is 1. The second-order valence-corrected chi connectivity index (χ2v) is 30.4. The van der Waals surface area contributed by atoms with Gasteiger partial charge in [-0.05, 0) is 132 Å². The number of aromatic nitrogens is 8. The predicted molar refractivity (Wildman–Crippen MR) is 379 cm³/mol. The summed E-state index contributed by atoms with van der Waals surface area (Å²) < 4.78 is 151. The molecule has 568 valence electrons. The summed E-state index contributed by atoms with van der Waals surface area (Å²) >= 11 is 13.4. The van der Waals surface area contributed by atoms with Gasteiger partial charge in [-0.1, -0.05) is 29.3 Å². The molecule has 4 N–H and O–H groups in total. The molecule has 0 bridgehead atoms.